The fourth-order valence-electron chi connectivity index (χ4n) is 2.68. The number of sulfone groups is 1. The van der Waals surface area contributed by atoms with Crippen molar-refractivity contribution in [2.24, 2.45) is 0 Å². The molecule has 2 rings (SSSR count). The van der Waals surface area contributed by atoms with Crippen LogP contribution in [0.3, 0.4) is 0 Å². The zero-order valence-electron chi connectivity index (χ0n) is 13.2. The minimum atomic E-state index is -2.98. The molecule has 4 nitrogen and oxygen atoms in total. The van der Waals surface area contributed by atoms with Gasteiger partial charge in [-0.3, -0.25) is 4.79 Å². The number of nitrogens with zero attached hydrogens (tertiary/aromatic N) is 1. The van der Waals surface area contributed by atoms with E-state index in [1.807, 2.05) is 38.1 Å². The molecule has 0 radical (unpaired) electrons. The Morgan fingerprint density at radius 2 is 2.00 bits per heavy atom. The number of carbonyl (C=O) groups excluding carboxylic acids is 1. The molecule has 0 aliphatic carbocycles. The Labute approximate surface area is 132 Å². The van der Waals surface area contributed by atoms with Gasteiger partial charge in [-0.05, 0) is 31.4 Å². The first kappa shape index (κ1) is 16.7. The number of hydrogen-bond donors (Lipinski definition) is 0. The van der Waals surface area contributed by atoms with Crippen LogP contribution in [0.25, 0.3) is 6.08 Å². The third-order valence-corrected chi connectivity index (χ3v) is 5.64. The summed E-state index contributed by atoms with van der Waals surface area (Å²) in [6, 6.07) is 7.74. The normalized spacial score (nSPS) is 20.4. The SMILES string of the molecule is CCCN(C(=O)/C=C/c1ccc(C)cc1)C1CCS(=O)(=O)C1. The smallest absolute Gasteiger partial charge is 0.246 e. The van der Waals surface area contributed by atoms with Crippen molar-refractivity contribution < 1.29 is 13.2 Å². The Kier molecular flexibility index (Phi) is 5.40. The largest absolute Gasteiger partial charge is 0.335 e. The molecule has 5 heteroatoms. The molecule has 1 amide bonds. The van der Waals surface area contributed by atoms with E-state index in [1.54, 1.807) is 17.1 Å². The van der Waals surface area contributed by atoms with Crippen LogP contribution in [-0.2, 0) is 14.6 Å². The van der Waals surface area contributed by atoms with Crippen LogP contribution in [0.5, 0.6) is 0 Å². The number of rotatable bonds is 5. The Morgan fingerprint density at radius 1 is 1.32 bits per heavy atom. The highest BCUT2D eigenvalue weighted by Gasteiger charge is 2.33. The maximum Gasteiger partial charge on any atom is 0.246 e. The number of hydrogen-bond acceptors (Lipinski definition) is 3. The molecule has 1 heterocycles. The molecule has 1 unspecified atom stereocenters. The van der Waals surface area contributed by atoms with Gasteiger partial charge in [0, 0.05) is 18.7 Å². The van der Waals surface area contributed by atoms with Gasteiger partial charge in [0.25, 0.3) is 0 Å². The molecule has 0 aromatic heterocycles. The first-order valence-electron chi connectivity index (χ1n) is 7.67. The summed E-state index contributed by atoms with van der Waals surface area (Å²) in [4.78, 5) is 14.1. The van der Waals surface area contributed by atoms with E-state index in [2.05, 4.69) is 0 Å². The Bertz CT molecular complexity index is 647. The number of amides is 1. The molecule has 22 heavy (non-hydrogen) atoms. The van der Waals surface area contributed by atoms with Gasteiger partial charge in [0.2, 0.25) is 5.91 Å². The van der Waals surface area contributed by atoms with Crippen LogP contribution in [-0.4, -0.2) is 43.3 Å². The van der Waals surface area contributed by atoms with Crippen LogP contribution in [0.15, 0.2) is 30.3 Å². The maximum absolute atomic E-state index is 12.4. The highest BCUT2D eigenvalue weighted by molar-refractivity contribution is 7.91. The predicted octanol–water partition coefficient (Wildman–Crippen LogP) is 2.43. The van der Waals surface area contributed by atoms with Crippen LogP contribution in [0.1, 0.15) is 30.9 Å². The highest BCUT2D eigenvalue weighted by atomic mass is 32.2. The molecular weight excluding hydrogens is 298 g/mol. The molecule has 1 aliphatic rings. The lowest BCUT2D eigenvalue weighted by molar-refractivity contribution is -0.127. The van der Waals surface area contributed by atoms with Gasteiger partial charge in [-0.25, -0.2) is 8.42 Å². The Hall–Kier alpha value is -1.62. The standard InChI is InChI=1S/C17H23NO3S/c1-3-11-18(16-10-12-22(20,21)13-16)17(19)9-8-15-6-4-14(2)5-7-15/h4-9,16H,3,10-13H2,1-2H3/b9-8+. The summed E-state index contributed by atoms with van der Waals surface area (Å²) in [5, 5.41) is 0. The van der Waals surface area contributed by atoms with E-state index in [0.29, 0.717) is 13.0 Å². The van der Waals surface area contributed by atoms with Crippen molar-refractivity contribution in [2.75, 3.05) is 18.1 Å². The van der Waals surface area contributed by atoms with E-state index in [0.717, 1.165) is 12.0 Å². The van der Waals surface area contributed by atoms with Crippen molar-refractivity contribution in [2.45, 2.75) is 32.7 Å². The molecule has 0 saturated carbocycles. The van der Waals surface area contributed by atoms with E-state index >= 15 is 0 Å². The lowest BCUT2D eigenvalue weighted by atomic mass is 10.1. The molecule has 1 aliphatic heterocycles. The minimum absolute atomic E-state index is 0.0944. The molecule has 0 bridgehead atoms. The summed E-state index contributed by atoms with van der Waals surface area (Å²) >= 11 is 0. The van der Waals surface area contributed by atoms with Gasteiger partial charge < -0.3 is 4.90 Å². The van der Waals surface area contributed by atoms with Crippen LogP contribution >= 0.6 is 0 Å². The molecule has 1 saturated heterocycles. The van der Waals surface area contributed by atoms with Gasteiger partial charge >= 0.3 is 0 Å². The maximum atomic E-state index is 12.4. The molecule has 0 spiro atoms. The molecular formula is C17H23NO3S. The van der Waals surface area contributed by atoms with Crippen LogP contribution in [0.2, 0.25) is 0 Å². The second-order valence-electron chi connectivity index (χ2n) is 5.83. The average Bonchev–Trinajstić information content (AvgIpc) is 2.83. The topological polar surface area (TPSA) is 54.5 Å². The monoisotopic (exact) mass is 321 g/mol. The van der Waals surface area contributed by atoms with Gasteiger partial charge in [-0.2, -0.15) is 0 Å². The fraction of sp³-hybridized carbons (Fsp3) is 0.471. The quantitative estimate of drug-likeness (QED) is 0.783. The molecule has 0 N–H and O–H groups in total. The van der Waals surface area contributed by atoms with E-state index in [1.165, 1.54) is 5.56 Å². The lowest BCUT2D eigenvalue weighted by Gasteiger charge is -2.26. The summed E-state index contributed by atoms with van der Waals surface area (Å²) < 4.78 is 23.3. The first-order chi connectivity index (χ1) is 10.4. The number of aryl methyl sites for hydroxylation is 1. The number of carbonyl (C=O) groups is 1. The second-order valence-corrected chi connectivity index (χ2v) is 8.06. The molecule has 1 aromatic carbocycles. The van der Waals surface area contributed by atoms with Gasteiger partial charge in [0.15, 0.2) is 9.84 Å². The van der Waals surface area contributed by atoms with Crippen molar-refractivity contribution in [1.82, 2.24) is 4.90 Å². The summed E-state index contributed by atoms with van der Waals surface area (Å²) in [7, 11) is -2.98. The van der Waals surface area contributed by atoms with Crippen molar-refractivity contribution in [1.29, 1.82) is 0 Å². The second kappa shape index (κ2) is 7.09. The lowest BCUT2D eigenvalue weighted by Crippen LogP contribution is -2.40. The zero-order chi connectivity index (χ0) is 16.2. The first-order valence-corrected chi connectivity index (χ1v) is 9.49. The van der Waals surface area contributed by atoms with Crippen molar-refractivity contribution in [3.8, 4) is 0 Å². The van der Waals surface area contributed by atoms with Crippen LogP contribution < -0.4 is 0 Å². The fourth-order valence-corrected chi connectivity index (χ4v) is 4.41. The van der Waals surface area contributed by atoms with Gasteiger partial charge in [0.1, 0.15) is 0 Å². The van der Waals surface area contributed by atoms with Crippen LogP contribution in [0.4, 0.5) is 0 Å². The summed E-state index contributed by atoms with van der Waals surface area (Å²) in [5.41, 5.74) is 2.14. The molecule has 120 valence electrons. The van der Waals surface area contributed by atoms with Crippen LogP contribution in [0, 0.1) is 6.92 Å². The highest BCUT2D eigenvalue weighted by Crippen LogP contribution is 2.19. The number of benzene rings is 1. The summed E-state index contributed by atoms with van der Waals surface area (Å²) in [5.74, 6) is 0.175. The van der Waals surface area contributed by atoms with Crippen molar-refractivity contribution in [3.63, 3.8) is 0 Å². The predicted molar refractivity (Wildman–Crippen MR) is 89.3 cm³/mol. The molecule has 1 aromatic rings. The third kappa shape index (κ3) is 4.44. The van der Waals surface area contributed by atoms with E-state index in [4.69, 9.17) is 0 Å². The van der Waals surface area contributed by atoms with Crippen molar-refractivity contribution >= 4 is 21.8 Å². The summed E-state index contributed by atoms with van der Waals surface area (Å²) in [6.07, 6.45) is 4.70. The minimum Gasteiger partial charge on any atom is -0.335 e. The van der Waals surface area contributed by atoms with Gasteiger partial charge in [-0.1, -0.05) is 36.8 Å². The van der Waals surface area contributed by atoms with Gasteiger partial charge in [0.05, 0.1) is 11.5 Å². The van der Waals surface area contributed by atoms with E-state index in [-0.39, 0.29) is 23.5 Å². The van der Waals surface area contributed by atoms with E-state index < -0.39 is 9.84 Å². The Morgan fingerprint density at radius 3 is 2.55 bits per heavy atom. The van der Waals surface area contributed by atoms with Crippen molar-refractivity contribution in [3.05, 3.63) is 41.5 Å². The molecule has 1 atom stereocenters. The van der Waals surface area contributed by atoms with E-state index in [9.17, 15) is 13.2 Å². The summed E-state index contributed by atoms with van der Waals surface area (Å²) in [6.45, 7) is 4.60. The van der Waals surface area contributed by atoms with Gasteiger partial charge in [-0.15, -0.1) is 0 Å². The Balaban J connectivity index is 2.08. The average molecular weight is 321 g/mol. The third-order valence-electron chi connectivity index (χ3n) is 3.89. The zero-order valence-corrected chi connectivity index (χ0v) is 14.0. The molecule has 1 fully saturated rings.